The molecule has 2 N–H and O–H groups in total. The lowest BCUT2D eigenvalue weighted by molar-refractivity contribution is -0.268. The molecule has 0 bridgehead atoms. The topological polar surface area (TPSA) is 82.5 Å². The van der Waals surface area contributed by atoms with Crippen LogP contribution in [0.25, 0.3) is 10.2 Å². The molecule has 1 aromatic heterocycles. The quantitative estimate of drug-likeness (QED) is 0.776. The van der Waals surface area contributed by atoms with Crippen molar-refractivity contribution in [3.05, 3.63) is 29.3 Å². The third-order valence-corrected chi connectivity index (χ3v) is 4.97. The molecule has 10 heteroatoms. The van der Waals surface area contributed by atoms with E-state index in [9.17, 15) is 27.9 Å². The number of nitrogens with zero attached hydrogens (tertiary/aromatic N) is 2. The summed E-state index contributed by atoms with van der Waals surface area (Å²) in [6, 6.07) is 6.19. The molecule has 1 atom stereocenters. The van der Waals surface area contributed by atoms with Crippen LogP contribution in [0, 0.1) is 0 Å². The highest BCUT2D eigenvalue weighted by molar-refractivity contribution is 7.18. The third-order valence-electron chi connectivity index (χ3n) is 3.78. The van der Waals surface area contributed by atoms with Crippen molar-refractivity contribution >= 4 is 33.4 Å². The predicted octanol–water partition coefficient (Wildman–Crippen LogP) is 2.42. The van der Waals surface area contributed by atoms with Gasteiger partial charge in [-0.15, -0.1) is 11.3 Å². The number of hydrogen-bond donors (Lipinski definition) is 2. The van der Waals surface area contributed by atoms with E-state index in [0.717, 1.165) is 4.90 Å². The molecular weight excluding hydrogens is 383 g/mol. The smallest absolute Gasteiger partial charge is 0.374 e. The van der Waals surface area contributed by atoms with Crippen LogP contribution in [0.4, 0.5) is 13.2 Å². The zero-order valence-corrected chi connectivity index (χ0v) is 15.8. The molecule has 2 amide bonds. The lowest BCUT2D eigenvalue weighted by Crippen LogP contribution is -2.48. The number of carbonyl (C=O) groups excluding carboxylic acids is 2. The number of hydrogen-bond acceptors (Lipinski definition) is 5. The SMILES string of the molecule is CC(C)NC(=O)CN(C)C(=O)CC(O)(c1nc2ccccc2s1)C(F)(F)F. The van der Waals surface area contributed by atoms with Gasteiger partial charge in [0.05, 0.1) is 23.2 Å². The van der Waals surface area contributed by atoms with Gasteiger partial charge < -0.3 is 15.3 Å². The number of carbonyl (C=O) groups is 2. The first-order chi connectivity index (χ1) is 12.4. The van der Waals surface area contributed by atoms with Gasteiger partial charge in [-0.3, -0.25) is 9.59 Å². The van der Waals surface area contributed by atoms with Crippen LogP contribution in [-0.4, -0.2) is 52.6 Å². The first-order valence-electron chi connectivity index (χ1n) is 8.12. The molecule has 0 radical (unpaired) electrons. The number of nitrogens with one attached hydrogen (secondary N) is 1. The zero-order chi connectivity index (χ0) is 20.4. The van der Waals surface area contributed by atoms with Crippen LogP contribution >= 0.6 is 11.3 Å². The molecule has 1 aromatic carbocycles. The largest absolute Gasteiger partial charge is 0.424 e. The van der Waals surface area contributed by atoms with E-state index < -0.39 is 41.6 Å². The highest BCUT2D eigenvalue weighted by Gasteiger charge is 2.58. The van der Waals surface area contributed by atoms with Crippen molar-refractivity contribution in [2.45, 2.75) is 38.1 Å². The van der Waals surface area contributed by atoms with E-state index in [2.05, 4.69) is 10.3 Å². The minimum atomic E-state index is -5.11. The van der Waals surface area contributed by atoms with Crippen molar-refractivity contribution < 1.29 is 27.9 Å². The van der Waals surface area contributed by atoms with Crippen LogP contribution in [0.15, 0.2) is 24.3 Å². The minimum Gasteiger partial charge on any atom is -0.374 e. The highest BCUT2D eigenvalue weighted by Crippen LogP contribution is 2.44. The third kappa shape index (κ3) is 4.75. The van der Waals surface area contributed by atoms with Gasteiger partial charge in [-0.2, -0.15) is 13.2 Å². The van der Waals surface area contributed by atoms with Crippen LogP contribution in [0.1, 0.15) is 25.3 Å². The lowest BCUT2D eigenvalue weighted by atomic mass is 9.99. The van der Waals surface area contributed by atoms with Gasteiger partial charge in [-0.05, 0) is 26.0 Å². The zero-order valence-electron chi connectivity index (χ0n) is 15.0. The maximum absolute atomic E-state index is 13.6. The number of likely N-dealkylation sites (N-methyl/N-ethyl adjacent to an activating group) is 1. The lowest BCUT2D eigenvalue weighted by Gasteiger charge is -2.29. The van der Waals surface area contributed by atoms with E-state index in [-0.39, 0.29) is 6.04 Å². The van der Waals surface area contributed by atoms with E-state index in [4.69, 9.17) is 0 Å². The summed E-state index contributed by atoms with van der Waals surface area (Å²) in [5, 5.41) is 12.3. The van der Waals surface area contributed by atoms with Gasteiger partial charge in [-0.25, -0.2) is 4.98 Å². The molecule has 0 aliphatic rings. The fraction of sp³-hybridized carbons (Fsp3) is 0.471. The molecule has 1 unspecified atom stereocenters. The molecular formula is C17H20F3N3O3S. The number of aliphatic hydroxyl groups is 1. The van der Waals surface area contributed by atoms with Gasteiger partial charge in [0.1, 0.15) is 5.01 Å². The molecule has 0 aliphatic carbocycles. The summed E-state index contributed by atoms with van der Waals surface area (Å²) in [7, 11) is 1.21. The second kappa shape index (κ2) is 7.81. The molecule has 0 aliphatic heterocycles. The molecule has 2 aromatic rings. The van der Waals surface area contributed by atoms with Crippen LogP contribution in [0.3, 0.4) is 0 Å². The molecule has 2 rings (SSSR count). The van der Waals surface area contributed by atoms with E-state index in [1.807, 2.05) is 0 Å². The van der Waals surface area contributed by atoms with Crippen molar-refractivity contribution in [2.24, 2.45) is 0 Å². The van der Waals surface area contributed by atoms with Crippen LogP contribution in [0.5, 0.6) is 0 Å². The van der Waals surface area contributed by atoms with Crippen LogP contribution < -0.4 is 5.32 Å². The van der Waals surface area contributed by atoms with Gasteiger partial charge in [0.2, 0.25) is 17.4 Å². The summed E-state index contributed by atoms with van der Waals surface area (Å²) in [5.41, 5.74) is -3.13. The molecule has 1 heterocycles. The molecule has 0 fully saturated rings. The molecule has 0 spiro atoms. The average Bonchev–Trinajstić information content (AvgIpc) is 2.97. The van der Waals surface area contributed by atoms with Gasteiger partial charge in [0, 0.05) is 13.1 Å². The van der Waals surface area contributed by atoms with E-state index in [1.54, 1.807) is 32.0 Å². The van der Waals surface area contributed by atoms with Crippen molar-refractivity contribution in [3.63, 3.8) is 0 Å². The number of amides is 2. The highest BCUT2D eigenvalue weighted by atomic mass is 32.1. The standard InChI is InChI=1S/C17H20F3N3O3S/c1-10(2)21-13(24)9-23(3)14(25)8-16(26,17(18,19)20)15-22-11-6-4-5-7-12(11)27-15/h4-7,10,26H,8-9H2,1-3H3,(H,21,24). The number of thiazole rings is 1. The van der Waals surface area contributed by atoms with Crippen molar-refractivity contribution in [2.75, 3.05) is 13.6 Å². The van der Waals surface area contributed by atoms with E-state index in [0.29, 0.717) is 21.6 Å². The summed E-state index contributed by atoms with van der Waals surface area (Å²) in [6.07, 6.45) is -6.38. The summed E-state index contributed by atoms with van der Waals surface area (Å²) >= 11 is 0.676. The minimum absolute atomic E-state index is 0.171. The first-order valence-corrected chi connectivity index (χ1v) is 8.94. The molecule has 27 heavy (non-hydrogen) atoms. The second-order valence-corrected chi connectivity index (χ2v) is 7.52. The Hall–Kier alpha value is -2.20. The van der Waals surface area contributed by atoms with Crippen LogP contribution in [0.2, 0.25) is 0 Å². The number of aromatic nitrogens is 1. The fourth-order valence-corrected chi connectivity index (χ4v) is 3.45. The number of para-hydroxylation sites is 1. The summed E-state index contributed by atoms with van der Waals surface area (Å²) in [6.45, 7) is 3.02. The Bertz CT molecular complexity index is 804. The molecule has 0 saturated carbocycles. The van der Waals surface area contributed by atoms with Crippen molar-refractivity contribution in [1.82, 2.24) is 15.2 Å². The van der Waals surface area contributed by atoms with Gasteiger partial charge in [0.25, 0.3) is 0 Å². The van der Waals surface area contributed by atoms with Crippen molar-refractivity contribution in [1.29, 1.82) is 0 Å². The summed E-state index contributed by atoms with van der Waals surface area (Å²) in [5.74, 6) is -1.52. The maximum Gasteiger partial charge on any atom is 0.424 e. The van der Waals surface area contributed by atoms with Crippen LogP contribution in [-0.2, 0) is 15.2 Å². The average molecular weight is 403 g/mol. The number of halogens is 3. The molecule has 0 saturated heterocycles. The second-order valence-electron chi connectivity index (χ2n) is 6.49. The van der Waals surface area contributed by atoms with Gasteiger partial charge >= 0.3 is 6.18 Å². The first kappa shape index (κ1) is 21.1. The maximum atomic E-state index is 13.6. The van der Waals surface area contributed by atoms with E-state index in [1.165, 1.54) is 13.1 Å². The Morgan fingerprint density at radius 3 is 2.48 bits per heavy atom. The van der Waals surface area contributed by atoms with E-state index >= 15 is 0 Å². The molecule has 6 nitrogen and oxygen atoms in total. The number of alkyl halides is 3. The van der Waals surface area contributed by atoms with Gasteiger partial charge in [-0.1, -0.05) is 12.1 Å². The summed E-state index contributed by atoms with van der Waals surface area (Å²) < 4.78 is 41.4. The summed E-state index contributed by atoms with van der Waals surface area (Å²) in [4.78, 5) is 28.7. The molecule has 148 valence electrons. The Balaban J connectivity index is 2.26. The fourth-order valence-electron chi connectivity index (χ4n) is 2.37. The normalized spacial score (nSPS) is 14.2. The van der Waals surface area contributed by atoms with Gasteiger partial charge in [0.15, 0.2) is 0 Å². The predicted molar refractivity (Wildman–Crippen MR) is 95.1 cm³/mol. The number of benzene rings is 1. The number of rotatable bonds is 6. The Morgan fingerprint density at radius 2 is 1.93 bits per heavy atom. The Kier molecular flexibility index (Phi) is 6.10. The number of fused-ring (bicyclic) bond motifs is 1. The van der Waals surface area contributed by atoms with Crippen molar-refractivity contribution in [3.8, 4) is 0 Å². The Labute approximate surface area is 158 Å². The Morgan fingerprint density at radius 1 is 1.30 bits per heavy atom. The monoisotopic (exact) mass is 403 g/mol.